The predicted octanol–water partition coefficient (Wildman–Crippen LogP) is 2.34. The molecule has 0 fully saturated rings. The summed E-state index contributed by atoms with van der Waals surface area (Å²) >= 11 is 11.2. The Balaban J connectivity index is 3.17. The zero-order chi connectivity index (χ0) is 14.8. The first kappa shape index (κ1) is 15.9. The van der Waals surface area contributed by atoms with Gasteiger partial charge >= 0.3 is 0 Å². The number of benzene rings is 1. The fourth-order valence-electron chi connectivity index (χ4n) is 1.23. The predicted molar refractivity (Wildman–Crippen MR) is 71.3 cm³/mol. The quantitative estimate of drug-likeness (QED) is 0.358. The molecular weight excluding hydrogens is 317 g/mol. The lowest BCUT2D eigenvalue weighted by atomic mass is 10.1. The Hall–Kier alpha value is -1.18. The number of alkyl halides is 2. The van der Waals surface area contributed by atoms with Gasteiger partial charge in [0.1, 0.15) is 0 Å². The number of hydrogen-bond acceptors (Lipinski definition) is 5. The van der Waals surface area contributed by atoms with E-state index in [-0.39, 0.29) is 11.3 Å². The van der Waals surface area contributed by atoms with Crippen LogP contribution in [0.1, 0.15) is 17.3 Å². The van der Waals surface area contributed by atoms with Crippen molar-refractivity contribution in [2.45, 2.75) is 10.6 Å². The highest BCUT2D eigenvalue weighted by molar-refractivity contribution is 7.96. The SMILES string of the molecule is CCS(=O)(=O)C(Cl)(Cl)C(=O)c1ccc([N+](=O)[O-])cc1. The van der Waals surface area contributed by atoms with Crippen molar-refractivity contribution < 1.29 is 18.1 Å². The van der Waals surface area contributed by atoms with E-state index in [1.807, 2.05) is 0 Å². The fourth-order valence-corrected chi connectivity index (χ4v) is 2.86. The molecule has 0 atom stereocenters. The number of nitro benzene ring substituents is 1. The Morgan fingerprint density at radius 2 is 1.79 bits per heavy atom. The van der Waals surface area contributed by atoms with E-state index in [1.54, 1.807) is 0 Å². The van der Waals surface area contributed by atoms with Gasteiger partial charge in [0.05, 0.1) is 10.7 Å². The molecule has 1 rings (SSSR count). The van der Waals surface area contributed by atoms with Crippen LogP contribution in [0.25, 0.3) is 0 Å². The van der Waals surface area contributed by atoms with Crippen molar-refractivity contribution in [1.82, 2.24) is 0 Å². The van der Waals surface area contributed by atoms with Crippen molar-refractivity contribution in [3.63, 3.8) is 0 Å². The number of halogens is 2. The normalized spacial score (nSPS) is 12.2. The second kappa shape index (κ2) is 5.44. The fraction of sp³-hybridized carbons (Fsp3) is 0.300. The number of carbonyl (C=O) groups is 1. The van der Waals surface area contributed by atoms with Crippen molar-refractivity contribution in [2.24, 2.45) is 0 Å². The van der Waals surface area contributed by atoms with Gasteiger partial charge in [0.2, 0.25) is 5.78 Å². The molecule has 0 heterocycles. The Morgan fingerprint density at radius 1 is 1.32 bits per heavy atom. The topological polar surface area (TPSA) is 94.3 Å². The molecule has 6 nitrogen and oxygen atoms in total. The molecule has 0 spiro atoms. The van der Waals surface area contributed by atoms with Gasteiger partial charge in [-0.2, -0.15) is 0 Å². The molecule has 9 heteroatoms. The van der Waals surface area contributed by atoms with E-state index in [9.17, 15) is 23.3 Å². The highest BCUT2D eigenvalue weighted by atomic mass is 35.5. The minimum atomic E-state index is -4.02. The molecule has 0 saturated heterocycles. The minimum absolute atomic E-state index is 0.118. The molecule has 0 aliphatic rings. The van der Waals surface area contributed by atoms with Gasteiger partial charge in [0, 0.05) is 17.7 Å². The van der Waals surface area contributed by atoms with Gasteiger partial charge in [-0.3, -0.25) is 14.9 Å². The van der Waals surface area contributed by atoms with Crippen molar-refractivity contribution >= 4 is 44.5 Å². The number of carbonyl (C=O) groups excluding carboxylic acids is 1. The largest absolute Gasteiger partial charge is 0.290 e. The van der Waals surface area contributed by atoms with Gasteiger partial charge in [-0.25, -0.2) is 8.42 Å². The number of Topliss-reactive ketones (excluding diaryl/α,β-unsaturated/α-hetero) is 1. The first-order valence-electron chi connectivity index (χ1n) is 5.03. The molecule has 1 aromatic rings. The van der Waals surface area contributed by atoms with Gasteiger partial charge in [-0.05, 0) is 12.1 Å². The molecule has 0 radical (unpaired) electrons. The molecule has 19 heavy (non-hydrogen) atoms. The Morgan fingerprint density at radius 3 is 2.16 bits per heavy atom. The summed E-state index contributed by atoms with van der Waals surface area (Å²) in [5.74, 6) is -1.44. The van der Waals surface area contributed by atoms with Crippen molar-refractivity contribution in [2.75, 3.05) is 5.75 Å². The number of nitrogens with zero attached hydrogens (tertiary/aromatic N) is 1. The monoisotopic (exact) mass is 325 g/mol. The lowest BCUT2D eigenvalue weighted by Gasteiger charge is -2.17. The maximum Gasteiger partial charge on any atom is 0.280 e. The number of hydrogen-bond donors (Lipinski definition) is 0. The van der Waals surface area contributed by atoms with Crippen LogP contribution in [0.3, 0.4) is 0 Å². The molecule has 0 amide bonds. The van der Waals surface area contributed by atoms with E-state index >= 15 is 0 Å². The van der Waals surface area contributed by atoms with E-state index in [2.05, 4.69) is 0 Å². The average Bonchev–Trinajstić information content (AvgIpc) is 2.37. The summed E-state index contributed by atoms with van der Waals surface area (Å²) in [5.41, 5.74) is -0.350. The second-order valence-electron chi connectivity index (χ2n) is 3.55. The summed E-state index contributed by atoms with van der Waals surface area (Å²) in [5, 5.41) is 10.5. The van der Waals surface area contributed by atoms with E-state index in [1.165, 1.54) is 6.92 Å². The van der Waals surface area contributed by atoms with Crippen LogP contribution in [0.15, 0.2) is 24.3 Å². The van der Waals surface area contributed by atoms with Crippen LogP contribution in [0, 0.1) is 10.1 Å². The van der Waals surface area contributed by atoms with E-state index in [4.69, 9.17) is 23.2 Å². The third-order valence-electron chi connectivity index (χ3n) is 2.38. The second-order valence-corrected chi connectivity index (χ2v) is 7.75. The number of ketones is 1. The average molecular weight is 326 g/mol. The van der Waals surface area contributed by atoms with Gasteiger partial charge in [0.15, 0.2) is 9.84 Å². The van der Waals surface area contributed by atoms with E-state index < -0.39 is 30.0 Å². The molecule has 0 unspecified atom stereocenters. The van der Waals surface area contributed by atoms with Crippen LogP contribution in [0.5, 0.6) is 0 Å². The van der Waals surface area contributed by atoms with Gasteiger partial charge < -0.3 is 0 Å². The zero-order valence-electron chi connectivity index (χ0n) is 9.67. The first-order chi connectivity index (χ1) is 8.63. The van der Waals surface area contributed by atoms with Crippen LogP contribution in [-0.4, -0.2) is 28.5 Å². The standard InChI is InChI=1S/C10H9Cl2NO5S/c1-2-19(17,18)10(11,12)9(14)7-3-5-8(6-4-7)13(15)16/h3-6H,2H2,1H3. The summed E-state index contributed by atoms with van der Waals surface area (Å²) in [4.78, 5) is 21.8. The van der Waals surface area contributed by atoms with Crippen LogP contribution < -0.4 is 0 Å². The van der Waals surface area contributed by atoms with E-state index in [0.29, 0.717) is 0 Å². The third-order valence-corrected chi connectivity index (χ3v) is 5.86. The van der Waals surface area contributed by atoms with Crippen LogP contribution in [-0.2, 0) is 9.84 Å². The van der Waals surface area contributed by atoms with E-state index in [0.717, 1.165) is 24.3 Å². The van der Waals surface area contributed by atoms with Gasteiger partial charge in [-0.1, -0.05) is 30.1 Å². The highest BCUT2D eigenvalue weighted by Crippen LogP contribution is 2.33. The summed E-state index contributed by atoms with van der Waals surface area (Å²) in [6.07, 6.45) is 0. The van der Waals surface area contributed by atoms with Crippen LogP contribution in [0.4, 0.5) is 5.69 Å². The molecule has 104 valence electrons. The Kier molecular flexibility index (Phi) is 4.54. The third kappa shape index (κ3) is 3.05. The maximum absolute atomic E-state index is 11.9. The number of sulfone groups is 1. The Bertz CT molecular complexity index is 609. The van der Waals surface area contributed by atoms with Gasteiger partial charge in [0.25, 0.3) is 9.35 Å². The summed E-state index contributed by atoms with van der Waals surface area (Å²) in [7, 11) is -4.02. The minimum Gasteiger partial charge on any atom is -0.290 e. The molecule has 0 aliphatic heterocycles. The van der Waals surface area contributed by atoms with Gasteiger partial charge in [-0.15, -0.1) is 0 Å². The molecule has 0 aliphatic carbocycles. The molecular formula is C10H9Cl2NO5S. The summed E-state index contributed by atoms with van der Waals surface area (Å²) in [6.45, 7) is 1.30. The molecule has 0 bridgehead atoms. The maximum atomic E-state index is 11.9. The first-order valence-corrected chi connectivity index (χ1v) is 7.43. The Labute approximate surface area is 119 Å². The molecule has 1 aromatic carbocycles. The number of nitro groups is 1. The molecule has 0 N–H and O–H groups in total. The summed E-state index contributed by atoms with van der Waals surface area (Å²) in [6, 6.07) is 4.33. The lowest BCUT2D eigenvalue weighted by Crippen LogP contribution is -2.36. The lowest BCUT2D eigenvalue weighted by molar-refractivity contribution is -0.384. The molecule has 0 saturated carbocycles. The number of rotatable bonds is 5. The van der Waals surface area contributed by atoms with Crippen LogP contribution >= 0.6 is 23.2 Å². The smallest absolute Gasteiger partial charge is 0.280 e. The van der Waals surface area contributed by atoms with Crippen LogP contribution in [0.2, 0.25) is 0 Å². The highest BCUT2D eigenvalue weighted by Gasteiger charge is 2.46. The van der Waals surface area contributed by atoms with Crippen molar-refractivity contribution in [1.29, 1.82) is 0 Å². The van der Waals surface area contributed by atoms with Crippen molar-refractivity contribution in [3.05, 3.63) is 39.9 Å². The number of non-ortho nitro benzene ring substituents is 1. The summed E-state index contributed by atoms with van der Waals surface area (Å²) < 4.78 is 20.6. The molecule has 0 aromatic heterocycles. The van der Waals surface area contributed by atoms with Crippen molar-refractivity contribution in [3.8, 4) is 0 Å². The zero-order valence-corrected chi connectivity index (χ0v) is 12.0.